The van der Waals surface area contributed by atoms with Gasteiger partial charge in [-0.2, -0.15) is 0 Å². The minimum Gasteiger partial charge on any atom is -0.451 e. The molecule has 0 N–H and O–H groups in total. The monoisotopic (exact) mass is 379 g/mol. The van der Waals surface area contributed by atoms with Crippen LogP contribution in [0.15, 0.2) is 42.5 Å². The highest BCUT2D eigenvalue weighted by atomic mass is 16.5. The second-order valence-electron chi connectivity index (χ2n) is 6.88. The summed E-state index contributed by atoms with van der Waals surface area (Å²) in [5.41, 5.74) is 3.22. The van der Waals surface area contributed by atoms with Gasteiger partial charge in [0.2, 0.25) is 17.6 Å². The second-order valence-corrected chi connectivity index (χ2v) is 6.88. The lowest BCUT2D eigenvalue weighted by atomic mass is 10.0. The van der Waals surface area contributed by atoms with Crippen molar-refractivity contribution in [2.75, 3.05) is 4.90 Å². The molecule has 1 atom stereocenters. The van der Waals surface area contributed by atoms with E-state index in [-0.39, 0.29) is 36.0 Å². The van der Waals surface area contributed by atoms with Crippen LogP contribution < -0.4 is 4.90 Å². The summed E-state index contributed by atoms with van der Waals surface area (Å²) in [5, 5.41) is 0. The first kappa shape index (κ1) is 19.5. The number of imide groups is 1. The number of ketones is 1. The van der Waals surface area contributed by atoms with Crippen LogP contribution in [0.1, 0.15) is 51.6 Å². The minimum atomic E-state index is -0.934. The zero-order valence-electron chi connectivity index (χ0n) is 16.0. The molecule has 2 aromatic rings. The summed E-state index contributed by atoms with van der Waals surface area (Å²) >= 11 is 0. The third kappa shape index (κ3) is 3.86. The van der Waals surface area contributed by atoms with Crippen LogP contribution in [0.5, 0.6) is 0 Å². The molecule has 1 saturated heterocycles. The van der Waals surface area contributed by atoms with Gasteiger partial charge < -0.3 is 4.74 Å². The van der Waals surface area contributed by atoms with Crippen LogP contribution in [-0.4, -0.2) is 29.7 Å². The molecule has 0 radical (unpaired) electrons. The number of anilines is 1. The largest absolute Gasteiger partial charge is 0.451 e. The van der Waals surface area contributed by atoms with Crippen LogP contribution in [-0.2, 0) is 14.3 Å². The third-order valence-corrected chi connectivity index (χ3v) is 4.86. The average Bonchev–Trinajstić information content (AvgIpc) is 3.01. The highest BCUT2D eigenvalue weighted by Crippen LogP contribution is 2.23. The first-order valence-electron chi connectivity index (χ1n) is 9.06. The topological polar surface area (TPSA) is 80.8 Å². The number of ether oxygens (including phenoxy) is 1. The van der Waals surface area contributed by atoms with E-state index in [1.807, 2.05) is 19.9 Å². The number of esters is 1. The highest BCUT2D eigenvalue weighted by Gasteiger charge is 2.30. The number of hydrogen-bond acceptors (Lipinski definition) is 5. The number of amides is 2. The number of hydrogen-bond donors (Lipinski definition) is 0. The number of carbonyl (C=O) groups excluding carboxylic acids is 4. The first-order chi connectivity index (χ1) is 13.3. The molecular formula is C22H21NO5. The van der Waals surface area contributed by atoms with Gasteiger partial charge in [0.1, 0.15) is 0 Å². The number of carbonyl (C=O) groups is 4. The molecule has 28 heavy (non-hydrogen) atoms. The Morgan fingerprint density at radius 3 is 2.04 bits per heavy atom. The van der Waals surface area contributed by atoms with Gasteiger partial charge >= 0.3 is 5.97 Å². The Balaban J connectivity index is 1.68. The van der Waals surface area contributed by atoms with E-state index < -0.39 is 12.1 Å². The molecule has 0 aromatic heterocycles. The molecule has 1 heterocycles. The van der Waals surface area contributed by atoms with Crippen molar-refractivity contribution in [2.45, 2.75) is 39.7 Å². The van der Waals surface area contributed by atoms with Crippen LogP contribution >= 0.6 is 0 Å². The number of benzene rings is 2. The molecular weight excluding hydrogens is 358 g/mol. The predicted octanol–water partition coefficient (Wildman–Crippen LogP) is 3.39. The fourth-order valence-corrected chi connectivity index (χ4v) is 3.02. The lowest BCUT2D eigenvalue weighted by molar-refractivity contribution is -0.121. The smallest absolute Gasteiger partial charge is 0.338 e. The summed E-state index contributed by atoms with van der Waals surface area (Å²) in [6, 6.07) is 11.3. The molecule has 0 unspecified atom stereocenters. The number of Topliss-reactive ketones (excluding diaryl/α,β-unsaturated/α-hetero) is 1. The standard InChI is InChI=1S/C22H21NO5/c1-13-4-5-17(12-14(13)2)21(26)15(3)28-22(27)16-6-8-18(9-7-16)23-19(24)10-11-20(23)25/h4-9,12,15H,10-11H2,1-3H3/t15-/m0/s1. The Morgan fingerprint density at radius 1 is 0.893 bits per heavy atom. The van der Waals surface area contributed by atoms with Crippen molar-refractivity contribution in [1.82, 2.24) is 0 Å². The summed E-state index contributed by atoms with van der Waals surface area (Å²) in [6.07, 6.45) is -0.544. The highest BCUT2D eigenvalue weighted by molar-refractivity contribution is 6.19. The Morgan fingerprint density at radius 2 is 1.46 bits per heavy atom. The van der Waals surface area contributed by atoms with Gasteiger partial charge in [-0.25, -0.2) is 4.79 Å². The van der Waals surface area contributed by atoms with Crippen molar-refractivity contribution in [3.05, 3.63) is 64.7 Å². The van der Waals surface area contributed by atoms with Crippen LogP contribution in [0, 0.1) is 13.8 Å². The van der Waals surface area contributed by atoms with E-state index in [9.17, 15) is 19.2 Å². The maximum absolute atomic E-state index is 12.5. The summed E-state index contributed by atoms with van der Waals surface area (Å²) in [7, 11) is 0. The Labute approximate surface area is 163 Å². The van der Waals surface area contributed by atoms with Crippen molar-refractivity contribution < 1.29 is 23.9 Å². The molecule has 6 heteroatoms. The van der Waals surface area contributed by atoms with Crippen LogP contribution in [0.25, 0.3) is 0 Å². The Kier molecular flexibility index (Phi) is 5.40. The van der Waals surface area contributed by atoms with Crippen molar-refractivity contribution in [1.29, 1.82) is 0 Å². The van der Waals surface area contributed by atoms with E-state index in [1.165, 1.54) is 31.2 Å². The minimum absolute atomic E-state index is 0.195. The van der Waals surface area contributed by atoms with Gasteiger partial charge in [-0.15, -0.1) is 0 Å². The molecule has 1 aliphatic rings. The Hall–Kier alpha value is -3.28. The molecule has 0 bridgehead atoms. The first-order valence-corrected chi connectivity index (χ1v) is 9.06. The molecule has 1 aliphatic heterocycles. The molecule has 1 fully saturated rings. The lowest BCUT2D eigenvalue weighted by Gasteiger charge is -2.15. The molecule has 6 nitrogen and oxygen atoms in total. The van der Waals surface area contributed by atoms with Crippen LogP contribution in [0.2, 0.25) is 0 Å². The number of nitrogens with zero attached hydrogens (tertiary/aromatic N) is 1. The summed E-state index contributed by atoms with van der Waals surface area (Å²) < 4.78 is 5.29. The third-order valence-electron chi connectivity index (χ3n) is 4.86. The molecule has 144 valence electrons. The molecule has 2 aromatic carbocycles. The zero-order valence-corrected chi connectivity index (χ0v) is 16.0. The fourth-order valence-electron chi connectivity index (χ4n) is 3.02. The summed E-state index contributed by atoms with van der Waals surface area (Å²) in [5.74, 6) is -1.43. The maximum atomic E-state index is 12.5. The van der Waals surface area contributed by atoms with Crippen molar-refractivity contribution in [3.63, 3.8) is 0 Å². The van der Waals surface area contributed by atoms with Crippen LogP contribution in [0.4, 0.5) is 5.69 Å². The average molecular weight is 379 g/mol. The van der Waals surface area contributed by atoms with Gasteiger partial charge in [0, 0.05) is 18.4 Å². The van der Waals surface area contributed by atoms with Gasteiger partial charge in [0.05, 0.1) is 11.3 Å². The quantitative estimate of drug-likeness (QED) is 0.452. The van der Waals surface area contributed by atoms with Gasteiger partial charge in [-0.05, 0) is 62.2 Å². The second kappa shape index (κ2) is 7.76. The lowest BCUT2D eigenvalue weighted by Crippen LogP contribution is -2.28. The van der Waals surface area contributed by atoms with Crippen molar-refractivity contribution in [2.24, 2.45) is 0 Å². The summed E-state index contributed by atoms with van der Waals surface area (Å²) in [6.45, 7) is 5.41. The van der Waals surface area contributed by atoms with Crippen molar-refractivity contribution >= 4 is 29.3 Å². The SMILES string of the molecule is Cc1ccc(C(=O)[C@H](C)OC(=O)c2ccc(N3C(=O)CCC3=O)cc2)cc1C. The number of rotatable bonds is 5. The molecule has 0 spiro atoms. The maximum Gasteiger partial charge on any atom is 0.338 e. The van der Waals surface area contributed by atoms with Gasteiger partial charge in [0.15, 0.2) is 6.10 Å². The molecule has 2 amide bonds. The van der Waals surface area contributed by atoms with Crippen molar-refractivity contribution in [3.8, 4) is 0 Å². The van der Waals surface area contributed by atoms with E-state index in [0.29, 0.717) is 11.3 Å². The van der Waals surface area contributed by atoms with Crippen LogP contribution in [0.3, 0.4) is 0 Å². The van der Waals surface area contributed by atoms with E-state index in [2.05, 4.69) is 0 Å². The Bertz CT molecular complexity index is 945. The van der Waals surface area contributed by atoms with Gasteiger partial charge in [-0.3, -0.25) is 19.3 Å². The number of aryl methyl sites for hydroxylation is 2. The molecule has 3 rings (SSSR count). The normalized spacial score (nSPS) is 14.9. The van der Waals surface area contributed by atoms with E-state index >= 15 is 0 Å². The van der Waals surface area contributed by atoms with E-state index in [1.54, 1.807) is 12.1 Å². The molecule has 0 saturated carbocycles. The van der Waals surface area contributed by atoms with Gasteiger partial charge in [0.25, 0.3) is 0 Å². The van der Waals surface area contributed by atoms with E-state index in [0.717, 1.165) is 16.0 Å². The van der Waals surface area contributed by atoms with Gasteiger partial charge in [-0.1, -0.05) is 12.1 Å². The summed E-state index contributed by atoms with van der Waals surface area (Å²) in [4.78, 5) is 49.5. The zero-order chi connectivity index (χ0) is 20.4. The molecule has 0 aliphatic carbocycles. The van der Waals surface area contributed by atoms with E-state index in [4.69, 9.17) is 4.74 Å². The fraction of sp³-hybridized carbons (Fsp3) is 0.273. The predicted molar refractivity (Wildman–Crippen MR) is 103 cm³/mol.